The number of benzene rings is 1. The van der Waals surface area contributed by atoms with E-state index in [1.807, 2.05) is 19.2 Å². The summed E-state index contributed by atoms with van der Waals surface area (Å²) < 4.78 is 10.6. The van der Waals surface area contributed by atoms with Gasteiger partial charge in [-0.15, -0.1) is 0 Å². The molecule has 0 bridgehead atoms. The van der Waals surface area contributed by atoms with Crippen molar-refractivity contribution in [1.82, 2.24) is 5.32 Å². The molecule has 0 aromatic heterocycles. The molecule has 1 heterocycles. The zero-order chi connectivity index (χ0) is 9.10. The number of nitrogens with one attached hydrogen (secondary N) is 1. The smallest absolute Gasteiger partial charge is 0.189 e. The maximum atomic E-state index is 5.36. The Kier molecular flexibility index (Phi) is 2.47. The SMILES string of the molecule is CNCc1cccc2c1COCO2. The molecule has 0 spiro atoms. The van der Waals surface area contributed by atoms with Gasteiger partial charge >= 0.3 is 0 Å². The highest BCUT2D eigenvalue weighted by atomic mass is 16.7. The van der Waals surface area contributed by atoms with E-state index >= 15 is 0 Å². The maximum absolute atomic E-state index is 5.36. The fraction of sp³-hybridized carbons (Fsp3) is 0.400. The second-order valence-corrected chi connectivity index (χ2v) is 3.03. The molecule has 1 aromatic rings. The Morgan fingerprint density at radius 1 is 1.46 bits per heavy atom. The average Bonchev–Trinajstić information content (AvgIpc) is 2.19. The van der Waals surface area contributed by atoms with Crippen molar-refractivity contribution in [2.45, 2.75) is 13.2 Å². The monoisotopic (exact) mass is 179 g/mol. The lowest BCUT2D eigenvalue weighted by Gasteiger charge is -2.20. The van der Waals surface area contributed by atoms with Crippen LogP contribution < -0.4 is 10.1 Å². The van der Waals surface area contributed by atoms with Gasteiger partial charge in [0.15, 0.2) is 6.79 Å². The minimum Gasteiger partial charge on any atom is -0.467 e. The van der Waals surface area contributed by atoms with Gasteiger partial charge in [0.2, 0.25) is 0 Å². The molecule has 3 heteroatoms. The summed E-state index contributed by atoms with van der Waals surface area (Å²) in [6.45, 7) is 1.89. The Hall–Kier alpha value is -1.06. The quantitative estimate of drug-likeness (QED) is 0.741. The first-order valence-corrected chi connectivity index (χ1v) is 4.37. The van der Waals surface area contributed by atoms with Crippen LogP contribution in [0, 0.1) is 0 Å². The predicted molar refractivity (Wildman–Crippen MR) is 49.5 cm³/mol. The van der Waals surface area contributed by atoms with Crippen LogP contribution in [-0.4, -0.2) is 13.8 Å². The molecule has 1 aliphatic rings. The molecule has 70 valence electrons. The fourth-order valence-corrected chi connectivity index (χ4v) is 1.52. The van der Waals surface area contributed by atoms with E-state index in [2.05, 4.69) is 11.4 Å². The minimum atomic E-state index is 0.371. The highest BCUT2D eigenvalue weighted by Gasteiger charge is 2.13. The lowest BCUT2D eigenvalue weighted by molar-refractivity contribution is -0.0168. The van der Waals surface area contributed by atoms with Crippen LogP contribution >= 0.6 is 0 Å². The van der Waals surface area contributed by atoms with Crippen LogP contribution in [0.2, 0.25) is 0 Å². The molecule has 0 saturated carbocycles. The number of hydrogen-bond donors (Lipinski definition) is 1. The summed E-state index contributed by atoms with van der Waals surface area (Å²) in [6, 6.07) is 6.08. The molecular formula is C10H13NO2. The summed E-state index contributed by atoms with van der Waals surface area (Å²) in [7, 11) is 1.93. The molecule has 1 aromatic carbocycles. The first-order chi connectivity index (χ1) is 6.42. The molecule has 0 atom stereocenters. The largest absolute Gasteiger partial charge is 0.467 e. The molecule has 0 aliphatic carbocycles. The van der Waals surface area contributed by atoms with Gasteiger partial charge in [0.1, 0.15) is 5.75 Å². The standard InChI is InChI=1S/C10H13NO2/c1-11-5-8-3-2-4-10-9(8)6-12-7-13-10/h2-4,11H,5-7H2,1H3. The van der Waals surface area contributed by atoms with Crippen LogP contribution in [-0.2, 0) is 17.9 Å². The van der Waals surface area contributed by atoms with Gasteiger partial charge in [-0.25, -0.2) is 0 Å². The van der Waals surface area contributed by atoms with Crippen molar-refractivity contribution in [3.8, 4) is 5.75 Å². The third-order valence-electron chi connectivity index (χ3n) is 2.14. The van der Waals surface area contributed by atoms with E-state index in [4.69, 9.17) is 9.47 Å². The Labute approximate surface area is 77.7 Å². The molecule has 3 nitrogen and oxygen atoms in total. The fourth-order valence-electron chi connectivity index (χ4n) is 1.52. The summed E-state index contributed by atoms with van der Waals surface area (Å²) in [5.41, 5.74) is 2.42. The predicted octanol–water partition coefficient (Wildman–Crippen LogP) is 1.27. The van der Waals surface area contributed by atoms with Gasteiger partial charge < -0.3 is 14.8 Å². The van der Waals surface area contributed by atoms with Crippen LogP contribution in [0.3, 0.4) is 0 Å². The molecule has 2 rings (SSSR count). The lowest BCUT2D eigenvalue weighted by atomic mass is 10.1. The molecule has 0 fully saturated rings. The van der Waals surface area contributed by atoms with Gasteiger partial charge in [-0.2, -0.15) is 0 Å². The van der Waals surface area contributed by atoms with Gasteiger partial charge in [0, 0.05) is 12.1 Å². The number of hydrogen-bond acceptors (Lipinski definition) is 3. The highest BCUT2D eigenvalue weighted by molar-refractivity contribution is 5.40. The summed E-state index contributed by atoms with van der Waals surface area (Å²) in [5.74, 6) is 0.957. The Bertz CT molecular complexity index is 299. The van der Waals surface area contributed by atoms with Crippen molar-refractivity contribution < 1.29 is 9.47 Å². The molecule has 0 amide bonds. The van der Waals surface area contributed by atoms with E-state index in [0.29, 0.717) is 13.4 Å². The first kappa shape index (κ1) is 8.53. The van der Waals surface area contributed by atoms with E-state index in [-0.39, 0.29) is 0 Å². The molecule has 1 aliphatic heterocycles. The summed E-state index contributed by atoms with van der Waals surface area (Å²) in [6.07, 6.45) is 0. The van der Waals surface area contributed by atoms with Gasteiger partial charge in [0.25, 0.3) is 0 Å². The van der Waals surface area contributed by atoms with E-state index in [1.165, 1.54) is 11.1 Å². The third-order valence-corrected chi connectivity index (χ3v) is 2.14. The van der Waals surface area contributed by atoms with Crippen LogP contribution in [0.15, 0.2) is 18.2 Å². The number of rotatable bonds is 2. The van der Waals surface area contributed by atoms with Crippen molar-refractivity contribution >= 4 is 0 Å². The Morgan fingerprint density at radius 2 is 2.38 bits per heavy atom. The van der Waals surface area contributed by atoms with Crippen molar-refractivity contribution in [3.63, 3.8) is 0 Å². The van der Waals surface area contributed by atoms with Gasteiger partial charge in [-0.3, -0.25) is 0 Å². The Balaban J connectivity index is 2.34. The van der Waals surface area contributed by atoms with E-state index < -0.39 is 0 Å². The number of fused-ring (bicyclic) bond motifs is 1. The average molecular weight is 179 g/mol. The minimum absolute atomic E-state index is 0.371. The second-order valence-electron chi connectivity index (χ2n) is 3.03. The van der Waals surface area contributed by atoms with Gasteiger partial charge in [0.05, 0.1) is 6.61 Å². The lowest BCUT2D eigenvalue weighted by Crippen LogP contribution is -2.15. The van der Waals surface area contributed by atoms with Crippen LogP contribution in [0.4, 0.5) is 0 Å². The molecular weight excluding hydrogens is 166 g/mol. The topological polar surface area (TPSA) is 30.5 Å². The highest BCUT2D eigenvalue weighted by Crippen LogP contribution is 2.26. The summed E-state index contributed by atoms with van der Waals surface area (Å²) in [4.78, 5) is 0. The zero-order valence-corrected chi connectivity index (χ0v) is 7.67. The van der Waals surface area contributed by atoms with Gasteiger partial charge in [-0.05, 0) is 18.7 Å². The zero-order valence-electron chi connectivity index (χ0n) is 7.67. The van der Waals surface area contributed by atoms with E-state index in [9.17, 15) is 0 Å². The number of ether oxygens (including phenoxy) is 2. The molecule has 0 radical (unpaired) electrons. The van der Waals surface area contributed by atoms with Crippen LogP contribution in [0.25, 0.3) is 0 Å². The molecule has 0 unspecified atom stereocenters. The maximum Gasteiger partial charge on any atom is 0.189 e. The normalized spacial score (nSPS) is 14.8. The second kappa shape index (κ2) is 3.77. The van der Waals surface area contributed by atoms with Crippen molar-refractivity contribution in [3.05, 3.63) is 29.3 Å². The first-order valence-electron chi connectivity index (χ1n) is 4.37. The van der Waals surface area contributed by atoms with Crippen molar-refractivity contribution in [2.75, 3.05) is 13.8 Å². The molecule has 1 N–H and O–H groups in total. The molecule has 0 saturated heterocycles. The van der Waals surface area contributed by atoms with Gasteiger partial charge in [-0.1, -0.05) is 12.1 Å². The van der Waals surface area contributed by atoms with Crippen molar-refractivity contribution in [1.29, 1.82) is 0 Å². The summed E-state index contributed by atoms with van der Waals surface area (Å²) in [5, 5.41) is 3.12. The van der Waals surface area contributed by atoms with E-state index in [1.54, 1.807) is 0 Å². The Morgan fingerprint density at radius 3 is 3.23 bits per heavy atom. The third kappa shape index (κ3) is 1.66. The van der Waals surface area contributed by atoms with Crippen LogP contribution in [0.5, 0.6) is 5.75 Å². The van der Waals surface area contributed by atoms with E-state index in [0.717, 1.165) is 12.3 Å². The van der Waals surface area contributed by atoms with Crippen LogP contribution in [0.1, 0.15) is 11.1 Å². The summed E-state index contributed by atoms with van der Waals surface area (Å²) >= 11 is 0. The van der Waals surface area contributed by atoms with Crippen molar-refractivity contribution in [2.24, 2.45) is 0 Å². The molecule has 13 heavy (non-hydrogen) atoms.